The molecule has 1 aliphatic rings. The Labute approximate surface area is 115 Å². The molecule has 0 aliphatic heterocycles. The standard InChI is InChI=1S/C15H26N2O2/c1-10(2)9-11(12(18)17-14(3,4)5)15(13(16)19)7-6-8-15/h11H,1,6-9H2,2-5H3,(H2,16,19)(H,17,18). The number of nitrogens with two attached hydrogens (primary N) is 1. The number of carbonyl (C=O) groups is 2. The van der Waals surface area contributed by atoms with E-state index in [4.69, 9.17) is 5.73 Å². The fourth-order valence-electron chi connectivity index (χ4n) is 2.67. The highest BCUT2D eigenvalue weighted by molar-refractivity contribution is 5.91. The Morgan fingerprint density at radius 3 is 2.16 bits per heavy atom. The lowest BCUT2D eigenvalue weighted by molar-refractivity contribution is -0.147. The van der Waals surface area contributed by atoms with Gasteiger partial charge < -0.3 is 11.1 Å². The Morgan fingerprint density at radius 1 is 1.37 bits per heavy atom. The average molecular weight is 266 g/mol. The largest absolute Gasteiger partial charge is 0.369 e. The highest BCUT2D eigenvalue weighted by Crippen LogP contribution is 2.49. The van der Waals surface area contributed by atoms with Gasteiger partial charge in [-0.25, -0.2) is 0 Å². The van der Waals surface area contributed by atoms with Crippen LogP contribution in [0.3, 0.4) is 0 Å². The third kappa shape index (κ3) is 3.58. The van der Waals surface area contributed by atoms with Gasteiger partial charge in [-0.05, 0) is 47.0 Å². The molecule has 1 atom stereocenters. The summed E-state index contributed by atoms with van der Waals surface area (Å²) in [7, 11) is 0. The van der Waals surface area contributed by atoms with Crippen molar-refractivity contribution in [2.75, 3.05) is 0 Å². The van der Waals surface area contributed by atoms with Crippen LogP contribution in [-0.4, -0.2) is 17.4 Å². The summed E-state index contributed by atoms with van der Waals surface area (Å²) in [6.07, 6.45) is 2.89. The molecule has 0 heterocycles. The van der Waals surface area contributed by atoms with Crippen molar-refractivity contribution in [3.05, 3.63) is 12.2 Å². The average Bonchev–Trinajstić information content (AvgIpc) is 2.09. The van der Waals surface area contributed by atoms with Crippen molar-refractivity contribution in [3.8, 4) is 0 Å². The molecule has 0 radical (unpaired) electrons. The molecule has 1 rings (SSSR count). The van der Waals surface area contributed by atoms with Crippen molar-refractivity contribution in [2.24, 2.45) is 17.1 Å². The van der Waals surface area contributed by atoms with E-state index in [1.54, 1.807) is 0 Å². The monoisotopic (exact) mass is 266 g/mol. The van der Waals surface area contributed by atoms with Crippen LogP contribution >= 0.6 is 0 Å². The molecule has 4 heteroatoms. The first-order valence-corrected chi connectivity index (χ1v) is 6.85. The zero-order valence-electron chi connectivity index (χ0n) is 12.5. The van der Waals surface area contributed by atoms with Gasteiger partial charge in [-0.1, -0.05) is 12.0 Å². The van der Waals surface area contributed by atoms with Gasteiger partial charge in [0.1, 0.15) is 0 Å². The molecule has 0 saturated heterocycles. The Balaban J connectivity index is 2.98. The van der Waals surface area contributed by atoms with Crippen LogP contribution in [0.4, 0.5) is 0 Å². The molecule has 3 N–H and O–H groups in total. The molecule has 19 heavy (non-hydrogen) atoms. The summed E-state index contributed by atoms with van der Waals surface area (Å²) in [5.41, 5.74) is 5.48. The van der Waals surface area contributed by atoms with Crippen LogP contribution in [0.5, 0.6) is 0 Å². The van der Waals surface area contributed by atoms with Gasteiger partial charge in [-0.15, -0.1) is 6.58 Å². The molecule has 0 bridgehead atoms. The lowest BCUT2D eigenvalue weighted by Gasteiger charge is -2.45. The lowest BCUT2D eigenvalue weighted by Crippen LogP contribution is -2.55. The molecule has 1 saturated carbocycles. The highest BCUT2D eigenvalue weighted by atomic mass is 16.2. The first-order valence-electron chi connectivity index (χ1n) is 6.85. The van der Waals surface area contributed by atoms with E-state index in [-0.39, 0.29) is 17.4 Å². The summed E-state index contributed by atoms with van der Waals surface area (Å²) in [6, 6.07) is 0. The second-order valence-corrected chi connectivity index (χ2v) is 6.83. The maximum absolute atomic E-state index is 12.5. The number of hydrogen-bond donors (Lipinski definition) is 2. The molecule has 1 fully saturated rings. The van der Waals surface area contributed by atoms with E-state index in [2.05, 4.69) is 11.9 Å². The topological polar surface area (TPSA) is 72.2 Å². The molecule has 2 amide bonds. The number of nitrogens with one attached hydrogen (secondary N) is 1. The van der Waals surface area contributed by atoms with E-state index in [9.17, 15) is 9.59 Å². The molecule has 1 aliphatic carbocycles. The van der Waals surface area contributed by atoms with Gasteiger partial charge in [0.25, 0.3) is 0 Å². The number of rotatable bonds is 5. The molecular weight excluding hydrogens is 240 g/mol. The van der Waals surface area contributed by atoms with Crippen molar-refractivity contribution in [3.63, 3.8) is 0 Å². The number of amides is 2. The highest BCUT2D eigenvalue weighted by Gasteiger charge is 2.52. The van der Waals surface area contributed by atoms with Gasteiger partial charge >= 0.3 is 0 Å². The van der Waals surface area contributed by atoms with E-state index in [0.717, 1.165) is 12.0 Å². The maximum atomic E-state index is 12.5. The third-order valence-corrected chi connectivity index (χ3v) is 3.77. The minimum absolute atomic E-state index is 0.0889. The summed E-state index contributed by atoms with van der Waals surface area (Å²) in [6.45, 7) is 11.5. The van der Waals surface area contributed by atoms with E-state index in [0.29, 0.717) is 19.3 Å². The minimum Gasteiger partial charge on any atom is -0.369 e. The first-order chi connectivity index (χ1) is 8.58. The molecular formula is C15H26N2O2. The number of primary amides is 1. The van der Waals surface area contributed by atoms with E-state index < -0.39 is 11.3 Å². The molecule has 108 valence electrons. The third-order valence-electron chi connectivity index (χ3n) is 3.77. The molecule has 1 unspecified atom stereocenters. The number of hydrogen-bond acceptors (Lipinski definition) is 2. The number of carbonyl (C=O) groups excluding carboxylic acids is 2. The zero-order chi connectivity index (χ0) is 14.8. The Bertz CT molecular complexity index is 389. The fourth-order valence-corrected chi connectivity index (χ4v) is 2.67. The van der Waals surface area contributed by atoms with Crippen LogP contribution in [0, 0.1) is 11.3 Å². The van der Waals surface area contributed by atoms with Crippen LogP contribution in [-0.2, 0) is 9.59 Å². The maximum Gasteiger partial charge on any atom is 0.224 e. The molecule has 0 aromatic rings. The molecule has 0 aromatic heterocycles. The van der Waals surface area contributed by atoms with Crippen LogP contribution < -0.4 is 11.1 Å². The second-order valence-electron chi connectivity index (χ2n) is 6.83. The Hall–Kier alpha value is -1.32. The van der Waals surface area contributed by atoms with Crippen molar-refractivity contribution in [1.29, 1.82) is 0 Å². The fraction of sp³-hybridized carbons (Fsp3) is 0.733. The molecule has 0 spiro atoms. The van der Waals surface area contributed by atoms with Gasteiger partial charge in [-0.3, -0.25) is 9.59 Å². The van der Waals surface area contributed by atoms with Crippen LogP contribution in [0.1, 0.15) is 53.4 Å². The van der Waals surface area contributed by atoms with E-state index in [1.165, 1.54) is 0 Å². The predicted octanol–water partition coefficient (Wildman–Crippen LogP) is 2.14. The van der Waals surface area contributed by atoms with Gasteiger partial charge in [0.15, 0.2) is 0 Å². The van der Waals surface area contributed by atoms with Crippen molar-refractivity contribution < 1.29 is 9.59 Å². The Kier molecular flexibility index (Phi) is 4.43. The van der Waals surface area contributed by atoms with Crippen molar-refractivity contribution >= 4 is 11.8 Å². The lowest BCUT2D eigenvalue weighted by atomic mass is 9.59. The normalized spacial score (nSPS) is 19.2. The van der Waals surface area contributed by atoms with Gasteiger partial charge in [0, 0.05) is 5.54 Å². The quantitative estimate of drug-likeness (QED) is 0.748. The SMILES string of the molecule is C=C(C)CC(C(=O)NC(C)(C)C)C1(C(N)=O)CCC1. The van der Waals surface area contributed by atoms with Gasteiger partial charge in [0.2, 0.25) is 11.8 Å². The summed E-state index contributed by atoms with van der Waals surface area (Å²) in [4.78, 5) is 24.3. The van der Waals surface area contributed by atoms with Crippen molar-refractivity contribution in [2.45, 2.75) is 58.9 Å². The van der Waals surface area contributed by atoms with Gasteiger partial charge in [0.05, 0.1) is 11.3 Å². The first kappa shape index (κ1) is 15.7. The molecule has 4 nitrogen and oxygen atoms in total. The predicted molar refractivity (Wildman–Crippen MR) is 76.3 cm³/mol. The Morgan fingerprint density at radius 2 is 1.89 bits per heavy atom. The summed E-state index contributed by atoms with van der Waals surface area (Å²) < 4.78 is 0. The van der Waals surface area contributed by atoms with Crippen molar-refractivity contribution in [1.82, 2.24) is 5.32 Å². The van der Waals surface area contributed by atoms with Crippen LogP contribution in [0.15, 0.2) is 12.2 Å². The second kappa shape index (κ2) is 5.35. The zero-order valence-corrected chi connectivity index (χ0v) is 12.5. The van der Waals surface area contributed by atoms with Crippen LogP contribution in [0.25, 0.3) is 0 Å². The van der Waals surface area contributed by atoms with Crippen LogP contribution in [0.2, 0.25) is 0 Å². The minimum atomic E-state index is -0.672. The summed E-state index contributed by atoms with van der Waals surface area (Å²) in [5, 5.41) is 2.97. The summed E-state index contributed by atoms with van der Waals surface area (Å²) >= 11 is 0. The molecule has 0 aromatic carbocycles. The van der Waals surface area contributed by atoms with E-state index >= 15 is 0 Å². The summed E-state index contributed by atoms with van der Waals surface area (Å²) in [5.74, 6) is -0.835. The van der Waals surface area contributed by atoms with Gasteiger partial charge in [-0.2, -0.15) is 0 Å². The smallest absolute Gasteiger partial charge is 0.224 e. The van der Waals surface area contributed by atoms with E-state index in [1.807, 2.05) is 27.7 Å². The number of allylic oxidation sites excluding steroid dienone is 1.